The van der Waals surface area contributed by atoms with Crippen LogP contribution in [0.25, 0.3) is 0 Å². The van der Waals surface area contributed by atoms with Gasteiger partial charge in [0.2, 0.25) is 4.07 Å². The molecule has 0 heterocycles. The summed E-state index contributed by atoms with van der Waals surface area (Å²) < 4.78 is 8.10. The molecule has 54 valence electrons. The molecule has 0 saturated carbocycles. The van der Waals surface area contributed by atoms with Gasteiger partial charge >= 0.3 is 7.60 Å². The van der Waals surface area contributed by atoms with Crippen LogP contribution in [0.2, 0.25) is 0 Å². The first-order chi connectivity index (χ1) is 3.81. The molecule has 0 atom stereocenters. The van der Waals surface area contributed by atoms with Crippen molar-refractivity contribution in [2.75, 3.05) is 0 Å². The van der Waals surface area contributed by atoms with Crippen LogP contribution in [-0.2, 0) is 4.57 Å². The lowest BCUT2D eigenvalue weighted by atomic mass is 10.7. The maximum atomic E-state index is 10.2. The Bertz CT molecular complexity index is 160. The molecule has 6 heteroatoms. The molecule has 0 radical (unpaired) electrons. The van der Waals surface area contributed by atoms with E-state index in [9.17, 15) is 4.57 Å². The van der Waals surface area contributed by atoms with Crippen molar-refractivity contribution in [1.82, 2.24) is 0 Å². The largest absolute Gasteiger partial charge is 0.365 e. The van der Waals surface area contributed by atoms with E-state index in [1.807, 2.05) is 0 Å². The number of hydrogen-bond acceptors (Lipinski definition) is 1. The molecule has 0 spiro atoms. The molecule has 0 bridgehead atoms. The van der Waals surface area contributed by atoms with Crippen molar-refractivity contribution < 1.29 is 14.4 Å². The van der Waals surface area contributed by atoms with Crippen LogP contribution in [0.4, 0.5) is 0 Å². The Morgan fingerprint density at radius 3 is 1.89 bits per heavy atom. The number of halogens is 2. The molecule has 0 aromatic heterocycles. The molecule has 3 nitrogen and oxygen atoms in total. The van der Waals surface area contributed by atoms with E-state index in [1.165, 1.54) is 0 Å². The van der Waals surface area contributed by atoms with Gasteiger partial charge in [0.05, 0.1) is 0 Å². The lowest BCUT2D eigenvalue weighted by Gasteiger charge is -2.14. The molecule has 0 aliphatic heterocycles. The molecule has 0 unspecified atom stereocenters. The Kier molecular flexibility index (Phi) is 2.74. The zero-order valence-electron chi connectivity index (χ0n) is 4.29. The number of allylic oxidation sites excluding steroid dienone is 1. The third kappa shape index (κ3) is 2.28. The number of hydrogen-bond donors (Lipinski definition) is 2. The van der Waals surface area contributed by atoms with Crippen LogP contribution in [0.15, 0.2) is 12.7 Å². The summed E-state index contributed by atoms with van der Waals surface area (Å²) in [7, 11) is -4.46. The fourth-order valence-corrected chi connectivity index (χ4v) is 0.357. The molecule has 0 saturated heterocycles. The van der Waals surface area contributed by atoms with E-state index >= 15 is 0 Å². The minimum Gasteiger partial charge on any atom is -0.322 e. The highest BCUT2D eigenvalue weighted by Gasteiger charge is 2.40. The average molecular weight is 191 g/mol. The molecule has 0 aliphatic carbocycles. The number of alkyl halides is 2. The standard InChI is InChI=1S/C3H5Cl2O3P/c1-2-3(4,5)9(6,7)8/h2H,1H2,(H2,6,7,8). The maximum absolute atomic E-state index is 10.2. The van der Waals surface area contributed by atoms with Gasteiger partial charge in [0.1, 0.15) is 0 Å². The Labute approximate surface area is 62.4 Å². The van der Waals surface area contributed by atoms with E-state index in [0.717, 1.165) is 6.08 Å². The predicted molar refractivity (Wildman–Crippen MR) is 36.7 cm³/mol. The van der Waals surface area contributed by atoms with Gasteiger partial charge in [-0.2, -0.15) is 0 Å². The molecular formula is C3H5Cl2O3P. The van der Waals surface area contributed by atoms with E-state index < -0.39 is 11.7 Å². The SMILES string of the molecule is C=CC(Cl)(Cl)P(=O)(O)O. The number of rotatable bonds is 2. The zero-order valence-corrected chi connectivity index (χ0v) is 6.70. The molecule has 0 aromatic carbocycles. The topological polar surface area (TPSA) is 57.5 Å². The first kappa shape index (κ1) is 9.47. The third-order valence-corrected chi connectivity index (χ3v) is 3.22. The van der Waals surface area contributed by atoms with Gasteiger partial charge in [-0.25, -0.2) is 0 Å². The van der Waals surface area contributed by atoms with Crippen LogP contribution in [0.3, 0.4) is 0 Å². The van der Waals surface area contributed by atoms with E-state index in [-0.39, 0.29) is 0 Å². The molecular weight excluding hydrogens is 186 g/mol. The molecule has 0 fully saturated rings. The molecule has 0 aliphatic rings. The second-order valence-electron chi connectivity index (χ2n) is 1.34. The second kappa shape index (κ2) is 2.60. The van der Waals surface area contributed by atoms with Crippen LogP contribution in [0.1, 0.15) is 0 Å². The van der Waals surface area contributed by atoms with Crippen molar-refractivity contribution >= 4 is 30.8 Å². The fraction of sp³-hybridized carbons (Fsp3) is 0.333. The summed E-state index contributed by atoms with van der Waals surface area (Å²) in [5.41, 5.74) is 0. The zero-order chi connectivity index (χ0) is 7.71. The second-order valence-corrected chi connectivity index (χ2v) is 5.04. The Hall–Kier alpha value is 0.470. The lowest BCUT2D eigenvalue weighted by molar-refractivity contribution is 0.370. The van der Waals surface area contributed by atoms with Crippen molar-refractivity contribution in [3.63, 3.8) is 0 Å². The summed E-state index contributed by atoms with van der Waals surface area (Å²) >= 11 is 10.2. The van der Waals surface area contributed by atoms with Crippen LogP contribution in [0.5, 0.6) is 0 Å². The molecule has 0 aromatic rings. The Balaban J connectivity index is 4.54. The van der Waals surface area contributed by atoms with Gasteiger partial charge < -0.3 is 9.79 Å². The van der Waals surface area contributed by atoms with Gasteiger partial charge in [-0.15, -0.1) is 0 Å². The predicted octanol–water partition coefficient (Wildman–Crippen LogP) is 1.48. The Morgan fingerprint density at radius 1 is 1.56 bits per heavy atom. The third-order valence-electron chi connectivity index (χ3n) is 0.634. The van der Waals surface area contributed by atoms with Crippen molar-refractivity contribution in [2.45, 2.75) is 4.07 Å². The fourth-order valence-electron chi connectivity index (χ4n) is 0.119. The summed E-state index contributed by atoms with van der Waals surface area (Å²) in [4.78, 5) is 16.6. The van der Waals surface area contributed by atoms with Gasteiger partial charge in [0, 0.05) is 0 Å². The van der Waals surface area contributed by atoms with Crippen LogP contribution in [0, 0.1) is 0 Å². The highest BCUT2D eigenvalue weighted by molar-refractivity contribution is 7.58. The first-order valence-corrected chi connectivity index (χ1v) is 4.25. The summed E-state index contributed by atoms with van der Waals surface area (Å²) in [6, 6.07) is 0. The first-order valence-electron chi connectivity index (χ1n) is 1.88. The van der Waals surface area contributed by atoms with E-state index in [1.54, 1.807) is 0 Å². The van der Waals surface area contributed by atoms with Crippen molar-refractivity contribution in [2.24, 2.45) is 0 Å². The van der Waals surface area contributed by atoms with Crippen molar-refractivity contribution in [3.8, 4) is 0 Å². The highest BCUT2D eigenvalue weighted by Crippen LogP contribution is 2.56. The summed E-state index contributed by atoms with van der Waals surface area (Å²) in [5.74, 6) is 0. The average Bonchev–Trinajstić information content (AvgIpc) is 1.64. The Morgan fingerprint density at radius 2 is 1.89 bits per heavy atom. The monoisotopic (exact) mass is 190 g/mol. The quantitative estimate of drug-likeness (QED) is 0.394. The van der Waals surface area contributed by atoms with Crippen molar-refractivity contribution in [3.05, 3.63) is 12.7 Å². The molecule has 2 N–H and O–H groups in total. The minimum atomic E-state index is -4.46. The summed E-state index contributed by atoms with van der Waals surface area (Å²) in [5, 5.41) is 0. The lowest BCUT2D eigenvalue weighted by Crippen LogP contribution is -2.07. The van der Waals surface area contributed by atoms with Crippen molar-refractivity contribution in [1.29, 1.82) is 0 Å². The molecule has 9 heavy (non-hydrogen) atoms. The summed E-state index contributed by atoms with van der Waals surface area (Å²) in [6.07, 6.45) is 0.789. The van der Waals surface area contributed by atoms with Crippen LogP contribution in [-0.4, -0.2) is 13.9 Å². The van der Waals surface area contributed by atoms with Crippen LogP contribution < -0.4 is 0 Å². The molecule has 0 amide bonds. The van der Waals surface area contributed by atoms with Crippen LogP contribution >= 0.6 is 30.8 Å². The van der Waals surface area contributed by atoms with Gasteiger partial charge in [-0.3, -0.25) is 4.57 Å². The van der Waals surface area contributed by atoms with Gasteiger partial charge in [0.15, 0.2) is 0 Å². The van der Waals surface area contributed by atoms with Gasteiger partial charge in [0.25, 0.3) is 0 Å². The molecule has 0 rings (SSSR count). The van der Waals surface area contributed by atoms with E-state index in [0.29, 0.717) is 0 Å². The normalized spacial score (nSPS) is 13.3. The van der Waals surface area contributed by atoms with Gasteiger partial charge in [-0.05, 0) is 6.08 Å². The highest BCUT2D eigenvalue weighted by atomic mass is 35.5. The summed E-state index contributed by atoms with van der Waals surface area (Å²) in [6.45, 7) is 3.04. The van der Waals surface area contributed by atoms with E-state index in [2.05, 4.69) is 6.58 Å². The minimum absolute atomic E-state index is 0.789. The van der Waals surface area contributed by atoms with E-state index in [4.69, 9.17) is 33.0 Å². The smallest absolute Gasteiger partial charge is 0.322 e. The maximum Gasteiger partial charge on any atom is 0.365 e. The van der Waals surface area contributed by atoms with Gasteiger partial charge in [-0.1, -0.05) is 29.8 Å².